The molecule has 2 heterocycles. The Kier molecular flexibility index (Phi) is 5.48. The lowest BCUT2D eigenvalue weighted by Crippen LogP contribution is -2.37. The number of carbonyl (C=O) groups is 1. The molecule has 2 aromatic rings. The smallest absolute Gasteiger partial charge is 0.332 e. The minimum absolute atomic E-state index is 0.322. The van der Waals surface area contributed by atoms with Crippen LogP contribution in [0.4, 0.5) is 0 Å². The first-order chi connectivity index (χ1) is 11.4. The predicted octanol–water partition coefficient (Wildman–Crippen LogP) is 1.24. The van der Waals surface area contributed by atoms with Gasteiger partial charge in [0.2, 0.25) is 0 Å². The molecular weight excluding hydrogens is 330 g/mol. The van der Waals surface area contributed by atoms with Gasteiger partial charge in [0.25, 0.3) is 5.56 Å². The maximum absolute atomic E-state index is 12.7. The summed E-state index contributed by atoms with van der Waals surface area (Å²) < 4.78 is 7.25. The summed E-state index contributed by atoms with van der Waals surface area (Å²) in [6.07, 6.45) is 2.89. The van der Waals surface area contributed by atoms with E-state index < -0.39 is 16.5 Å². The van der Waals surface area contributed by atoms with Crippen LogP contribution in [0.2, 0.25) is 0 Å². The summed E-state index contributed by atoms with van der Waals surface area (Å²) in [5, 5.41) is -0.0563. The summed E-state index contributed by atoms with van der Waals surface area (Å²) in [6.45, 7) is 3.84. The topological polar surface area (TPSA) is 83.2 Å². The number of fused-ring (bicyclic) bond motifs is 1. The maximum Gasteiger partial charge on any atom is 0.332 e. The average Bonchev–Trinajstić information content (AvgIpc) is 2.61. The predicted molar refractivity (Wildman–Crippen MR) is 93.6 cm³/mol. The van der Waals surface area contributed by atoms with Gasteiger partial charge in [-0.25, -0.2) is 9.78 Å². The highest BCUT2D eigenvalue weighted by atomic mass is 32.2. The molecule has 2 aromatic heterocycles. The molecule has 0 aliphatic rings. The van der Waals surface area contributed by atoms with Crippen LogP contribution < -0.4 is 11.2 Å². The molecule has 0 amide bonds. The van der Waals surface area contributed by atoms with E-state index in [1.807, 2.05) is 13.8 Å². The average molecular weight is 351 g/mol. The molecule has 8 heteroatoms. The molecule has 0 fully saturated rings. The lowest BCUT2D eigenvalue weighted by molar-refractivity contribution is -0.140. The Hall–Kier alpha value is -2.09. The number of methoxy groups -OCH3 is 1. The molecule has 2 rings (SSSR count). The van der Waals surface area contributed by atoms with E-state index in [0.29, 0.717) is 28.8 Å². The second-order valence-electron chi connectivity index (χ2n) is 5.41. The van der Waals surface area contributed by atoms with Gasteiger partial charge in [0.05, 0.1) is 12.5 Å². The third kappa shape index (κ3) is 2.98. The lowest BCUT2D eigenvalue weighted by atomic mass is 10.2. The van der Waals surface area contributed by atoms with Crippen LogP contribution in [0.1, 0.15) is 25.8 Å². The fourth-order valence-electron chi connectivity index (χ4n) is 2.50. The van der Waals surface area contributed by atoms with Crippen molar-refractivity contribution in [3.05, 3.63) is 32.6 Å². The van der Waals surface area contributed by atoms with E-state index in [-0.39, 0.29) is 5.97 Å². The van der Waals surface area contributed by atoms with Crippen molar-refractivity contribution in [3.8, 4) is 0 Å². The third-order valence-corrected chi connectivity index (χ3v) is 5.48. The Labute approximate surface area is 143 Å². The minimum Gasteiger partial charge on any atom is -0.468 e. The van der Waals surface area contributed by atoms with E-state index in [2.05, 4.69) is 4.98 Å². The number of aromatic nitrogens is 3. The zero-order chi connectivity index (χ0) is 18.0. The van der Waals surface area contributed by atoms with Crippen LogP contribution in [0, 0.1) is 0 Å². The number of carbonyl (C=O) groups excluding carboxylic acids is 1. The van der Waals surface area contributed by atoms with Crippen LogP contribution >= 0.6 is 11.8 Å². The fraction of sp³-hybridized carbons (Fsp3) is 0.500. The Morgan fingerprint density at radius 3 is 2.50 bits per heavy atom. The molecule has 0 aliphatic carbocycles. The van der Waals surface area contributed by atoms with Gasteiger partial charge in [0.15, 0.2) is 0 Å². The Morgan fingerprint density at radius 2 is 1.96 bits per heavy atom. The number of hydrogen-bond donors (Lipinski definition) is 0. The molecule has 0 bridgehead atoms. The molecule has 1 atom stereocenters. The molecule has 0 saturated heterocycles. The SMILES string of the molecule is CCc1cnc2c(c1S[C@H](CC)C(=O)OC)c(=O)n(C)c(=O)n2C. The van der Waals surface area contributed by atoms with Crippen molar-refractivity contribution in [2.24, 2.45) is 14.1 Å². The molecular formula is C16H21N3O4S. The highest BCUT2D eigenvalue weighted by Crippen LogP contribution is 2.33. The first-order valence-electron chi connectivity index (χ1n) is 7.69. The number of pyridine rings is 1. The summed E-state index contributed by atoms with van der Waals surface area (Å²) in [5.74, 6) is -0.337. The number of rotatable bonds is 5. The summed E-state index contributed by atoms with van der Waals surface area (Å²) in [6, 6.07) is 0. The quantitative estimate of drug-likeness (QED) is 0.595. The number of ether oxygens (including phenoxy) is 1. The molecule has 24 heavy (non-hydrogen) atoms. The van der Waals surface area contributed by atoms with Gasteiger partial charge in [0.1, 0.15) is 10.9 Å². The number of nitrogens with zero attached hydrogens (tertiary/aromatic N) is 3. The first-order valence-corrected chi connectivity index (χ1v) is 8.57. The zero-order valence-electron chi connectivity index (χ0n) is 14.5. The van der Waals surface area contributed by atoms with Gasteiger partial charge in [-0.15, -0.1) is 11.8 Å². The van der Waals surface area contributed by atoms with Crippen LogP contribution in [-0.4, -0.2) is 32.4 Å². The lowest BCUT2D eigenvalue weighted by Gasteiger charge is -2.17. The standard InChI is InChI=1S/C16H21N3O4S/c1-6-9-8-17-13-11(14(20)19(4)16(22)18(13)3)12(9)24-10(7-2)15(21)23-5/h8,10H,6-7H2,1-5H3/t10-/m1/s1. The van der Waals surface area contributed by atoms with E-state index in [1.54, 1.807) is 13.2 Å². The van der Waals surface area contributed by atoms with Crippen molar-refractivity contribution in [1.82, 2.24) is 14.1 Å². The van der Waals surface area contributed by atoms with E-state index in [1.165, 1.54) is 30.5 Å². The fourth-order valence-corrected chi connectivity index (χ4v) is 3.79. The number of hydrogen-bond acceptors (Lipinski definition) is 6. The van der Waals surface area contributed by atoms with Crippen LogP contribution in [0.25, 0.3) is 11.0 Å². The van der Waals surface area contributed by atoms with Gasteiger partial charge in [-0.2, -0.15) is 0 Å². The van der Waals surface area contributed by atoms with E-state index >= 15 is 0 Å². The molecule has 0 radical (unpaired) electrons. The summed E-state index contributed by atoms with van der Waals surface area (Å²) in [7, 11) is 4.36. The van der Waals surface area contributed by atoms with Gasteiger partial charge in [-0.1, -0.05) is 13.8 Å². The normalized spacial score (nSPS) is 12.4. The minimum atomic E-state index is -0.430. The van der Waals surface area contributed by atoms with Gasteiger partial charge >= 0.3 is 11.7 Å². The Bertz CT molecular complexity index is 901. The Morgan fingerprint density at radius 1 is 1.29 bits per heavy atom. The number of esters is 1. The van der Waals surface area contributed by atoms with E-state index in [0.717, 1.165) is 10.1 Å². The monoisotopic (exact) mass is 351 g/mol. The van der Waals surface area contributed by atoms with Gasteiger partial charge in [-0.05, 0) is 18.4 Å². The molecule has 7 nitrogen and oxygen atoms in total. The summed E-state index contributed by atoms with van der Waals surface area (Å²) in [4.78, 5) is 41.7. The third-order valence-electron chi connectivity index (χ3n) is 3.97. The van der Waals surface area contributed by atoms with Crippen molar-refractivity contribution in [2.75, 3.05) is 7.11 Å². The molecule has 0 saturated carbocycles. The van der Waals surface area contributed by atoms with Crippen LogP contribution in [0.5, 0.6) is 0 Å². The molecule has 0 unspecified atom stereocenters. The maximum atomic E-state index is 12.7. The molecule has 0 aromatic carbocycles. The number of thioether (sulfide) groups is 1. The zero-order valence-corrected chi connectivity index (χ0v) is 15.3. The van der Waals surface area contributed by atoms with Crippen LogP contribution in [0.3, 0.4) is 0 Å². The summed E-state index contributed by atoms with van der Waals surface area (Å²) >= 11 is 1.30. The van der Waals surface area contributed by atoms with Crippen molar-refractivity contribution in [2.45, 2.75) is 36.8 Å². The van der Waals surface area contributed by atoms with Crippen molar-refractivity contribution in [3.63, 3.8) is 0 Å². The second-order valence-corrected chi connectivity index (χ2v) is 6.62. The molecule has 130 valence electrons. The van der Waals surface area contributed by atoms with Crippen molar-refractivity contribution in [1.29, 1.82) is 0 Å². The number of aryl methyl sites for hydroxylation is 2. The Balaban J connectivity index is 2.82. The molecule has 0 N–H and O–H groups in total. The van der Waals surface area contributed by atoms with Gasteiger partial charge < -0.3 is 4.74 Å². The van der Waals surface area contributed by atoms with Crippen molar-refractivity contribution < 1.29 is 9.53 Å². The van der Waals surface area contributed by atoms with Gasteiger partial charge in [-0.3, -0.25) is 18.7 Å². The summed E-state index contributed by atoms with van der Waals surface area (Å²) in [5.41, 5.74) is 0.353. The highest BCUT2D eigenvalue weighted by Gasteiger charge is 2.24. The van der Waals surface area contributed by atoms with Crippen LogP contribution in [-0.2, 0) is 30.0 Å². The van der Waals surface area contributed by atoms with Crippen molar-refractivity contribution >= 4 is 28.8 Å². The van der Waals surface area contributed by atoms with E-state index in [9.17, 15) is 14.4 Å². The van der Waals surface area contributed by atoms with Crippen LogP contribution in [0.15, 0.2) is 20.7 Å². The molecule has 0 spiro atoms. The largest absolute Gasteiger partial charge is 0.468 e. The molecule has 0 aliphatic heterocycles. The highest BCUT2D eigenvalue weighted by molar-refractivity contribution is 8.00. The van der Waals surface area contributed by atoms with Gasteiger partial charge in [0, 0.05) is 25.2 Å². The van der Waals surface area contributed by atoms with E-state index in [4.69, 9.17) is 4.74 Å². The second kappa shape index (κ2) is 7.21. The first kappa shape index (κ1) is 18.3.